The van der Waals surface area contributed by atoms with Crippen molar-refractivity contribution >= 4 is 22.9 Å². The van der Waals surface area contributed by atoms with Crippen molar-refractivity contribution in [1.29, 1.82) is 0 Å². The summed E-state index contributed by atoms with van der Waals surface area (Å²) in [6, 6.07) is 1.94. The highest BCUT2D eigenvalue weighted by Gasteiger charge is 2.15. The zero-order valence-electron chi connectivity index (χ0n) is 8.73. The summed E-state index contributed by atoms with van der Waals surface area (Å²) in [4.78, 5) is 11.8. The van der Waals surface area contributed by atoms with Crippen molar-refractivity contribution in [2.75, 3.05) is 5.73 Å². The van der Waals surface area contributed by atoms with Crippen LogP contribution in [-0.4, -0.2) is 16.1 Å². The predicted octanol–water partition coefficient (Wildman–Crippen LogP) is 1.54. The van der Waals surface area contributed by atoms with E-state index >= 15 is 0 Å². The molecule has 0 aliphatic rings. The molecule has 2 aromatic rings. The number of anilines is 1. The Labute approximate surface area is 96.7 Å². The molecular weight excluding hydrogens is 224 g/mol. The quantitative estimate of drug-likeness (QED) is 0.756. The number of amides is 1. The number of nitrogens with two attached hydrogens (primary N) is 1. The molecule has 0 aromatic carbocycles. The Morgan fingerprint density at radius 2 is 2.50 bits per heavy atom. The van der Waals surface area contributed by atoms with Crippen LogP contribution in [0, 0.1) is 0 Å². The van der Waals surface area contributed by atoms with Crippen LogP contribution in [-0.2, 0) is 0 Å². The maximum atomic E-state index is 11.8. The first kappa shape index (κ1) is 10.7. The molecule has 2 rings (SSSR count). The minimum absolute atomic E-state index is 0.0403. The third-order valence-corrected chi connectivity index (χ3v) is 2.99. The lowest BCUT2D eigenvalue weighted by molar-refractivity contribution is 0.0936. The number of nitrogen functional groups attached to an aromatic ring is 1. The monoisotopic (exact) mass is 236 g/mol. The number of aromatic amines is 1. The van der Waals surface area contributed by atoms with E-state index in [0.29, 0.717) is 11.4 Å². The zero-order valence-corrected chi connectivity index (χ0v) is 9.54. The molecule has 2 aromatic heterocycles. The fraction of sp³-hybridized carbons (Fsp3) is 0.200. The second-order valence-corrected chi connectivity index (χ2v) is 4.23. The molecule has 6 heteroatoms. The smallest absolute Gasteiger partial charge is 0.271 e. The van der Waals surface area contributed by atoms with Gasteiger partial charge in [-0.2, -0.15) is 16.4 Å². The van der Waals surface area contributed by atoms with Gasteiger partial charge in [-0.15, -0.1) is 0 Å². The van der Waals surface area contributed by atoms with Crippen molar-refractivity contribution in [1.82, 2.24) is 15.5 Å². The van der Waals surface area contributed by atoms with Gasteiger partial charge >= 0.3 is 0 Å². The normalized spacial score (nSPS) is 12.3. The highest BCUT2D eigenvalue weighted by molar-refractivity contribution is 7.07. The van der Waals surface area contributed by atoms with Gasteiger partial charge in [0, 0.05) is 0 Å². The second kappa shape index (κ2) is 4.36. The van der Waals surface area contributed by atoms with Gasteiger partial charge in [-0.05, 0) is 29.3 Å². The first-order valence-electron chi connectivity index (χ1n) is 4.80. The lowest BCUT2D eigenvalue weighted by Crippen LogP contribution is -2.27. The number of nitrogens with one attached hydrogen (secondary N) is 2. The molecule has 4 N–H and O–H groups in total. The van der Waals surface area contributed by atoms with Gasteiger partial charge < -0.3 is 11.1 Å². The summed E-state index contributed by atoms with van der Waals surface area (Å²) in [5, 5.41) is 13.1. The SMILES string of the molecule is CC(NC(=O)c1[nH]ncc1N)c1ccsc1. The molecule has 16 heavy (non-hydrogen) atoms. The van der Waals surface area contributed by atoms with Crippen LogP contribution in [0.25, 0.3) is 0 Å². The van der Waals surface area contributed by atoms with Crippen molar-refractivity contribution in [2.24, 2.45) is 0 Å². The van der Waals surface area contributed by atoms with Crippen LogP contribution in [0.4, 0.5) is 5.69 Å². The van der Waals surface area contributed by atoms with Crippen LogP contribution in [0.1, 0.15) is 29.0 Å². The Balaban J connectivity index is 2.06. The second-order valence-electron chi connectivity index (χ2n) is 3.45. The summed E-state index contributed by atoms with van der Waals surface area (Å²) in [7, 11) is 0. The molecule has 1 unspecified atom stereocenters. The van der Waals surface area contributed by atoms with Crippen molar-refractivity contribution < 1.29 is 4.79 Å². The number of aromatic nitrogens is 2. The molecular formula is C10H12N4OS. The van der Waals surface area contributed by atoms with Gasteiger partial charge in [0.25, 0.3) is 5.91 Å². The minimum atomic E-state index is -0.242. The van der Waals surface area contributed by atoms with Crippen LogP contribution in [0.3, 0.4) is 0 Å². The topological polar surface area (TPSA) is 83.8 Å². The van der Waals surface area contributed by atoms with Crippen LogP contribution in [0.5, 0.6) is 0 Å². The lowest BCUT2D eigenvalue weighted by atomic mass is 10.2. The Bertz CT molecular complexity index is 477. The highest BCUT2D eigenvalue weighted by atomic mass is 32.1. The summed E-state index contributed by atoms with van der Waals surface area (Å²) in [5.41, 5.74) is 7.33. The van der Waals surface area contributed by atoms with E-state index in [1.165, 1.54) is 6.20 Å². The summed E-state index contributed by atoms with van der Waals surface area (Å²) in [6.07, 6.45) is 1.42. The Morgan fingerprint density at radius 1 is 1.69 bits per heavy atom. The summed E-state index contributed by atoms with van der Waals surface area (Å²) in [6.45, 7) is 1.92. The number of carbonyl (C=O) groups is 1. The molecule has 0 radical (unpaired) electrons. The molecule has 0 aliphatic carbocycles. The minimum Gasteiger partial charge on any atom is -0.396 e. The molecule has 0 bridgehead atoms. The fourth-order valence-corrected chi connectivity index (χ4v) is 2.10. The number of H-pyrrole nitrogens is 1. The Kier molecular flexibility index (Phi) is 2.91. The van der Waals surface area contributed by atoms with E-state index in [4.69, 9.17) is 5.73 Å². The van der Waals surface area contributed by atoms with E-state index in [1.807, 2.05) is 23.8 Å². The average molecular weight is 236 g/mol. The van der Waals surface area contributed by atoms with Crippen LogP contribution >= 0.6 is 11.3 Å². The molecule has 0 aliphatic heterocycles. The van der Waals surface area contributed by atoms with Crippen LogP contribution in [0.2, 0.25) is 0 Å². The van der Waals surface area contributed by atoms with Gasteiger partial charge in [0.05, 0.1) is 17.9 Å². The zero-order chi connectivity index (χ0) is 11.5. The summed E-state index contributed by atoms with van der Waals surface area (Å²) in [5.74, 6) is -0.242. The Hall–Kier alpha value is -1.82. The van der Waals surface area contributed by atoms with E-state index in [0.717, 1.165) is 5.56 Å². The standard InChI is InChI=1S/C10H12N4OS/c1-6(7-2-3-16-5-7)13-10(15)9-8(11)4-12-14-9/h2-6H,11H2,1H3,(H,12,14)(H,13,15). The molecule has 0 saturated carbocycles. The summed E-state index contributed by atoms with van der Waals surface area (Å²) >= 11 is 1.60. The number of nitrogens with zero attached hydrogens (tertiary/aromatic N) is 1. The van der Waals surface area contributed by atoms with E-state index in [-0.39, 0.29) is 11.9 Å². The van der Waals surface area contributed by atoms with Gasteiger partial charge in [0.1, 0.15) is 5.69 Å². The number of thiophene rings is 1. The van der Waals surface area contributed by atoms with Crippen LogP contribution in [0.15, 0.2) is 23.0 Å². The number of hydrogen-bond donors (Lipinski definition) is 3. The molecule has 0 fully saturated rings. The maximum Gasteiger partial charge on any atom is 0.271 e. The first-order chi connectivity index (χ1) is 7.68. The van der Waals surface area contributed by atoms with E-state index < -0.39 is 0 Å². The number of hydrogen-bond acceptors (Lipinski definition) is 4. The molecule has 1 amide bonds. The number of rotatable bonds is 3. The first-order valence-corrected chi connectivity index (χ1v) is 5.74. The molecule has 1 atom stereocenters. The third kappa shape index (κ3) is 2.06. The predicted molar refractivity (Wildman–Crippen MR) is 63.2 cm³/mol. The van der Waals surface area contributed by atoms with Crippen molar-refractivity contribution in [2.45, 2.75) is 13.0 Å². The molecule has 5 nitrogen and oxygen atoms in total. The van der Waals surface area contributed by atoms with Gasteiger partial charge in [0.15, 0.2) is 0 Å². The van der Waals surface area contributed by atoms with E-state index in [9.17, 15) is 4.79 Å². The molecule has 0 spiro atoms. The van der Waals surface area contributed by atoms with Crippen molar-refractivity contribution in [3.8, 4) is 0 Å². The van der Waals surface area contributed by atoms with E-state index in [2.05, 4.69) is 15.5 Å². The number of carbonyl (C=O) groups excluding carboxylic acids is 1. The van der Waals surface area contributed by atoms with E-state index in [1.54, 1.807) is 11.3 Å². The average Bonchev–Trinajstić information content (AvgIpc) is 2.86. The molecule has 84 valence electrons. The molecule has 2 heterocycles. The maximum absolute atomic E-state index is 11.8. The third-order valence-electron chi connectivity index (χ3n) is 2.29. The lowest BCUT2D eigenvalue weighted by Gasteiger charge is -2.11. The molecule has 0 saturated heterocycles. The largest absolute Gasteiger partial charge is 0.396 e. The summed E-state index contributed by atoms with van der Waals surface area (Å²) < 4.78 is 0. The van der Waals surface area contributed by atoms with Crippen LogP contribution < -0.4 is 11.1 Å². The highest BCUT2D eigenvalue weighted by Crippen LogP contribution is 2.16. The van der Waals surface area contributed by atoms with Gasteiger partial charge in [-0.3, -0.25) is 9.89 Å². The van der Waals surface area contributed by atoms with Crippen molar-refractivity contribution in [3.05, 3.63) is 34.3 Å². The van der Waals surface area contributed by atoms with Gasteiger partial charge in [-0.25, -0.2) is 0 Å². The fourth-order valence-electron chi connectivity index (χ4n) is 1.35. The van der Waals surface area contributed by atoms with Gasteiger partial charge in [0.2, 0.25) is 0 Å². The van der Waals surface area contributed by atoms with Gasteiger partial charge in [-0.1, -0.05) is 0 Å². The van der Waals surface area contributed by atoms with Crippen molar-refractivity contribution in [3.63, 3.8) is 0 Å². The Morgan fingerprint density at radius 3 is 3.06 bits per heavy atom.